The van der Waals surface area contributed by atoms with Gasteiger partial charge in [0.15, 0.2) is 0 Å². The Morgan fingerprint density at radius 2 is 1.83 bits per heavy atom. The van der Waals surface area contributed by atoms with Gasteiger partial charge in [0.05, 0.1) is 0 Å². The molecule has 2 aliphatic rings. The normalized spacial score (nSPS) is 28.8. The van der Waals surface area contributed by atoms with Crippen molar-refractivity contribution in [3.8, 4) is 0 Å². The smallest absolute Gasteiger partial charge is 0.0110 e. The zero-order valence-corrected chi connectivity index (χ0v) is 7.92. The van der Waals surface area contributed by atoms with Crippen molar-refractivity contribution < 1.29 is 0 Å². The third-order valence-corrected chi connectivity index (χ3v) is 2.98. The first-order chi connectivity index (χ1) is 5.84. The molecule has 0 radical (unpaired) electrons. The summed E-state index contributed by atoms with van der Waals surface area (Å²) >= 11 is 0. The van der Waals surface area contributed by atoms with Crippen molar-refractivity contribution >= 4 is 0 Å². The molecule has 0 unspecified atom stereocenters. The van der Waals surface area contributed by atoms with Crippen LogP contribution in [0, 0.1) is 5.92 Å². The second kappa shape index (κ2) is 3.73. The predicted octanol–water partition coefficient (Wildman–Crippen LogP) is -0.547. The van der Waals surface area contributed by atoms with Gasteiger partial charge in [0.2, 0.25) is 0 Å². The van der Waals surface area contributed by atoms with Crippen molar-refractivity contribution in [3.63, 3.8) is 0 Å². The lowest BCUT2D eigenvalue weighted by molar-refractivity contribution is 0.122. The molecule has 0 bridgehead atoms. The van der Waals surface area contributed by atoms with E-state index in [2.05, 4.69) is 22.2 Å². The number of nitrogens with zero attached hydrogens (tertiary/aromatic N) is 2. The van der Waals surface area contributed by atoms with Crippen LogP contribution in [0.2, 0.25) is 0 Å². The molecule has 0 aromatic rings. The summed E-state index contributed by atoms with van der Waals surface area (Å²) in [6.45, 7) is 8.85. The average Bonchev–Trinajstić information content (AvgIpc) is 2.00. The van der Waals surface area contributed by atoms with Crippen LogP contribution in [-0.2, 0) is 0 Å². The van der Waals surface area contributed by atoms with Crippen LogP contribution in [0.1, 0.15) is 0 Å². The Morgan fingerprint density at radius 1 is 1.17 bits per heavy atom. The van der Waals surface area contributed by atoms with Gasteiger partial charge in [-0.1, -0.05) is 0 Å². The van der Waals surface area contributed by atoms with Crippen LogP contribution in [0.5, 0.6) is 0 Å². The minimum atomic E-state index is 0.938. The minimum absolute atomic E-state index is 0.938. The Bertz CT molecular complexity index is 137. The van der Waals surface area contributed by atoms with E-state index in [0.29, 0.717) is 0 Å². The summed E-state index contributed by atoms with van der Waals surface area (Å²) in [4.78, 5) is 5.01. The van der Waals surface area contributed by atoms with Gasteiger partial charge in [-0.15, -0.1) is 0 Å². The van der Waals surface area contributed by atoms with Crippen molar-refractivity contribution in [1.82, 2.24) is 15.1 Å². The third-order valence-electron chi connectivity index (χ3n) is 2.98. The maximum atomic E-state index is 3.32. The molecule has 2 aliphatic heterocycles. The van der Waals surface area contributed by atoms with E-state index in [-0.39, 0.29) is 0 Å². The molecular formula is C9H19N3. The van der Waals surface area contributed by atoms with Gasteiger partial charge < -0.3 is 15.1 Å². The maximum absolute atomic E-state index is 3.32. The van der Waals surface area contributed by atoms with E-state index in [1.54, 1.807) is 0 Å². The molecule has 0 aromatic carbocycles. The second-order valence-corrected chi connectivity index (χ2v) is 4.13. The van der Waals surface area contributed by atoms with E-state index in [4.69, 9.17) is 0 Å². The number of likely N-dealkylation sites (N-methyl/N-ethyl adjacent to an activating group) is 1. The molecule has 0 atom stereocenters. The van der Waals surface area contributed by atoms with Gasteiger partial charge in [-0.2, -0.15) is 0 Å². The van der Waals surface area contributed by atoms with Gasteiger partial charge in [0.25, 0.3) is 0 Å². The Balaban J connectivity index is 1.67. The van der Waals surface area contributed by atoms with Crippen molar-refractivity contribution in [2.45, 2.75) is 0 Å². The molecule has 2 fully saturated rings. The third kappa shape index (κ3) is 1.97. The second-order valence-electron chi connectivity index (χ2n) is 4.13. The quantitative estimate of drug-likeness (QED) is 0.598. The molecule has 2 heterocycles. The molecule has 3 heteroatoms. The topological polar surface area (TPSA) is 18.5 Å². The van der Waals surface area contributed by atoms with Crippen LogP contribution >= 0.6 is 0 Å². The van der Waals surface area contributed by atoms with Gasteiger partial charge >= 0.3 is 0 Å². The molecule has 12 heavy (non-hydrogen) atoms. The van der Waals surface area contributed by atoms with Crippen molar-refractivity contribution in [2.75, 3.05) is 52.9 Å². The van der Waals surface area contributed by atoms with Crippen LogP contribution in [0.4, 0.5) is 0 Å². The molecule has 3 nitrogen and oxygen atoms in total. The van der Waals surface area contributed by atoms with E-state index in [9.17, 15) is 0 Å². The lowest BCUT2D eigenvalue weighted by atomic mass is 10.0. The first-order valence-electron chi connectivity index (χ1n) is 4.96. The van der Waals surface area contributed by atoms with E-state index in [0.717, 1.165) is 5.92 Å². The van der Waals surface area contributed by atoms with Gasteiger partial charge in [-0.25, -0.2) is 0 Å². The molecule has 0 amide bonds. The number of piperazine rings is 1. The molecular weight excluding hydrogens is 150 g/mol. The molecule has 0 aromatic heterocycles. The Hall–Kier alpha value is -0.120. The van der Waals surface area contributed by atoms with E-state index < -0.39 is 0 Å². The molecule has 70 valence electrons. The summed E-state index contributed by atoms with van der Waals surface area (Å²) in [5.74, 6) is 0.938. The van der Waals surface area contributed by atoms with Crippen molar-refractivity contribution in [2.24, 2.45) is 5.92 Å². The molecule has 2 saturated heterocycles. The highest BCUT2D eigenvalue weighted by molar-refractivity contribution is 4.80. The Labute approximate surface area is 74.7 Å². The predicted molar refractivity (Wildman–Crippen MR) is 50.3 cm³/mol. The standard InChI is InChI=1S/C9H19N3/c1-11-2-4-12(5-3-11)8-9-6-10-7-9/h9-10H,2-8H2,1H3. The first kappa shape index (κ1) is 8.48. The monoisotopic (exact) mass is 169 g/mol. The van der Waals surface area contributed by atoms with Crippen LogP contribution in [0.3, 0.4) is 0 Å². The summed E-state index contributed by atoms with van der Waals surface area (Å²) in [6, 6.07) is 0. The first-order valence-corrected chi connectivity index (χ1v) is 4.96. The number of hydrogen-bond donors (Lipinski definition) is 1. The fourth-order valence-electron chi connectivity index (χ4n) is 1.87. The molecule has 0 aliphatic carbocycles. The van der Waals surface area contributed by atoms with Crippen LogP contribution < -0.4 is 5.32 Å². The van der Waals surface area contributed by atoms with E-state index in [1.165, 1.54) is 45.8 Å². The zero-order chi connectivity index (χ0) is 8.39. The largest absolute Gasteiger partial charge is 0.316 e. The average molecular weight is 169 g/mol. The highest BCUT2D eigenvalue weighted by atomic mass is 15.2. The SMILES string of the molecule is CN1CCN(CC2CNC2)CC1. The fraction of sp³-hybridized carbons (Fsp3) is 1.00. The van der Waals surface area contributed by atoms with Gasteiger partial charge in [0, 0.05) is 45.8 Å². The van der Waals surface area contributed by atoms with Crippen LogP contribution in [0.25, 0.3) is 0 Å². The van der Waals surface area contributed by atoms with Gasteiger partial charge in [-0.05, 0) is 13.0 Å². The van der Waals surface area contributed by atoms with Crippen LogP contribution in [0.15, 0.2) is 0 Å². The highest BCUT2D eigenvalue weighted by Crippen LogP contribution is 2.07. The van der Waals surface area contributed by atoms with Crippen LogP contribution in [-0.4, -0.2) is 62.7 Å². The maximum Gasteiger partial charge on any atom is 0.0110 e. The minimum Gasteiger partial charge on any atom is -0.316 e. The highest BCUT2D eigenvalue weighted by Gasteiger charge is 2.21. The summed E-state index contributed by atoms with van der Waals surface area (Å²) in [6.07, 6.45) is 0. The van der Waals surface area contributed by atoms with E-state index in [1.807, 2.05) is 0 Å². The molecule has 1 N–H and O–H groups in total. The summed E-state index contributed by atoms with van der Waals surface area (Å²) in [5, 5.41) is 3.32. The van der Waals surface area contributed by atoms with Gasteiger partial charge in [-0.3, -0.25) is 0 Å². The molecule has 0 spiro atoms. The van der Waals surface area contributed by atoms with Crippen molar-refractivity contribution in [3.05, 3.63) is 0 Å². The molecule has 2 rings (SSSR count). The Kier molecular flexibility index (Phi) is 2.63. The molecule has 0 saturated carbocycles. The number of nitrogens with one attached hydrogen (secondary N) is 1. The van der Waals surface area contributed by atoms with Gasteiger partial charge in [0.1, 0.15) is 0 Å². The zero-order valence-electron chi connectivity index (χ0n) is 7.92. The Morgan fingerprint density at radius 3 is 2.33 bits per heavy atom. The summed E-state index contributed by atoms with van der Waals surface area (Å²) in [7, 11) is 2.21. The summed E-state index contributed by atoms with van der Waals surface area (Å²) in [5.41, 5.74) is 0. The lowest BCUT2D eigenvalue weighted by Crippen LogP contribution is -2.52. The summed E-state index contributed by atoms with van der Waals surface area (Å²) < 4.78 is 0. The number of rotatable bonds is 2. The van der Waals surface area contributed by atoms with Crippen molar-refractivity contribution in [1.29, 1.82) is 0 Å². The fourth-order valence-corrected chi connectivity index (χ4v) is 1.87. The lowest BCUT2D eigenvalue weighted by Gasteiger charge is -2.37. The van der Waals surface area contributed by atoms with E-state index >= 15 is 0 Å². The number of hydrogen-bond acceptors (Lipinski definition) is 3.